The van der Waals surface area contributed by atoms with Crippen molar-refractivity contribution < 1.29 is 18.0 Å². The smallest absolute Gasteiger partial charge is 0.265 e. The lowest BCUT2D eigenvalue weighted by Crippen LogP contribution is -2.49. The fourth-order valence-corrected chi connectivity index (χ4v) is 6.64. The zero-order valence-corrected chi connectivity index (χ0v) is 22.6. The van der Waals surface area contributed by atoms with Crippen LogP contribution in [-0.2, 0) is 26.2 Å². The molecule has 0 radical (unpaired) electrons. The molecule has 1 N–H and O–H groups in total. The first-order valence-electron chi connectivity index (χ1n) is 12.9. The molecule has 37 heavy (non-hydrogen) atoms. The Hall–Kier alpha value is -3.39. The summed E-state index contributed by atoms with van der Waals surface area (Å²) in [5.41, 5.74) is 2.73. The van der Waals surface area contributed by atoms with E-state index in [0.717, 1.165) is 28.3 Å². The standard InChI is InChI=1S/C29H35N3O4S/c1-4-18-30-29(34)24(5-2)31(20-22-16-14-21(3)15-17-22)27(33)13-8-19-32-25-11-6-9-23-10-7-12-26(28(23)25)37(32,35)36/h6-7,9-12,14-17,24H,4-5,8,13,18-20H2,1-3H3,(H,30,34). The zero-order valence-electron chi connectivity index (χ0n) is 21.7. The molecular weight excluding hydrogens is 486 g/mol. The van der Waals surface area contributed by atoms with Crippen molar-refractivity contribution in [3.63, 3.8) is 0 Å². The molecule has 0 saturated carbocycles. The first-order chi connectivity index (χ1) is 17.8. The van der Waals surface area contributed by atoms with E-state index in [1.54, 1.807) is 17.0 Å². The molecule has 0 aliphatic carbocycles. The molecule has 3 aromatic rings. The van der Waals surface area contributed by atoms with E-state index in [1.165, 1.54) is 4.31 Å². The number of benzene rings is 3. The molecule has 0 saturated heterocycles. The van der Waals surface area contributed by atoms with Gasteiger partial charge in [-0.2, -0.15) is 0 Å². The third-order valence-corrected chi connectivity index (χ3v) is 8.70. The van der Waals surface area contributed by atoms with Crippen molar-refractivity contribution >= 4 is 38.3 Å². The molecule has 3 aromatic carbocycles. The fraction of sp³-hybridized carbons (Fsp3) is 0.379. The number of sulfonamides is 1. The Morgan fingerprint density at radius 2 is 1.70 bits per heavy atom. The van der Waals surface area contributed by atoms with E-state index in [9.17, 15) is 18.0 Å². The van der Waals surface area contributed by atoms with E-state index < -0.39 is 16.1 Å². The van der Waals surface area contributed by atoms with Gasteiger partial charge in [0, 0.05) is 31.4 Å². The number of aryl methyl sites for hydroxylation is 1. The third-order valence-electron chi connectivity index (χ3n) is 6.84. The van der Waals surface area contributed by atoms with Crippen LogP contribution in [0.4, 0.5) is 5.69 Å². The SMILES string of the molecule is CCCNC(=O)C(CC)N(Cc1ccc(C)cc1)C(=O)CCCN1c2cccc3cccc(c23)S1(=O)=O. The molecule has 1 atom stereocenters. The number of rotatable bonds is 11. The minimum atomic E-state index is -3.67. The first kappa shape index (κ1) is 26.7. The summed E-state index contributed by atoms with van der Waals surface area (Å²) in [7, 11) is -3.67. The van der Waals surface area contributed by atoms with Gasteiger partial charge in [0.25, 0.3) is 10.0 Å². The van der Waals surface area contributed by atoms with Crippen molar-refractivity contribution in [3.05, 3.63) is 71.8 Å². The van der Waals surface area contributed by atoms with Gasteiger partial charge in [0.2, 0.25) is 11.8 Å². The summed E-state index contributed by atoms with van der Waals surface area (Å²) >= 11 is 0. The van der Waals surface area contributed by atoms with Crippen LogP contribution in [0, 0.1) is 6.92 Å². The van der Waals surface area contributed by atoms with Crippen LogP contribution in [0.1, 0.15) is 50.7 Å². The lowest BCUT2D eigenvalue weighted by Gasteiger charge is -2.31. The average Bonchev–Trinajstić information content (AvgIpc) is 3.11. The average molecular weight is 522 g/mol. The molecule has 0 aromatic heterocycles. The predicted molar refractivity (Wildman–Crippen MR) is 147 cm³/mol. The van der Waals surface area contributed by atoms with Gasteiger partial charge in [-0.3, -0.25) is 13.9 Å². The molecule has 4 rings (SSSR count). The van der Waals surface area contributed by atoms with Crippen LogP contribution in [0.15, 0.2) is 65.6 Å². The molecule has 2 amide bonds. The van der Waals surface area contributed by atoms with E-state index in [0.29, 0.717) is 36.5 Å². The van der Waals surface area contributed by atoms with Crippen molar-refractivity contribution in [1.82, 2.24) is 10.2 Å². The Bertz CT molecular complexity index is 1380. The Labute approximate surface area is 219 Å². The van der Waals surface area contributed by atoms with Gasteiger partial charge in [0.15, 0.2) is 0 Å². The normalized spacial score (nSPS) is 14.5. The van der Waals surface area contributed by atoms with Crippen molar-refractivity contribution in [3.8, 4) is 0 Å². The number of carbonyl (C=O) groups is 2. The summed E-state index contributed by atoms with van der Waals surface area (Å²) in [6.07, 6.45) is 1.79. The number of nitrogens with zero attached hydrogens (tertiary/aromatic N) is 2. The molecule has 196 valence electrons. The molecular formula is C29H35N3O4S. The third kappa shape index (κ3) is 5.49. The minimum absolute atomic E-state index is 0.141. The molecule has 0 bridgehead atoms. The summed E-state index contributed by atoms with van der Waals surface area (Å²) in [5, 5.41) is 4.54. The molecule has 1 aliphatic heterocycles. The quantitative estimate of drug-likeness (QED) is 0.394. The van der Waals surface area contributed by atoms with Gasteiger partial charge >= 0.3 is 0 Å². The van der Waals surface area contributed by atoms with Gasteiger partial charge in [0.05, 0.1) is 10.6 Å². The number of hydrogen-bond donors (Lipinski definition) is 1. The van der Waals surface area contributed by atoms with E-state index >= 15 is 0 Å². The van der Waals surface area contributed by atoms with E-state index in [1.807, 2.05) is 69.3 Å². The molecule has 1 heterocycles. The van der Waals surface area contributed by atoms with Crippen LogP contribution in [0.3, 0.4) is 0 Å². The summed E-state index contributed by atoms with van der Waals surface area (Å²) in [6, 6.07) is 18.2. The summed E-state index contributed by atoms with van der Waals surface area (Å²) in [4.78, 5) is 28.4. The highest BCUT2D eigenvalue weighted by Gasteiger charge is 2.35. The largest absolute Gasteiger partial charge is 0.354 e. The van der Waals surface area contributed by atoms with Gasteiger partial charge in [-0.1, -0.05) is 67.9 Å². The summed E-state index contributed by atoms with van der Waals surface area (Å²) < 4.78 is 27.9. The maximum Gasteiger partial charge on any atom is 0.265 e. The zero-order chi connectivity index (χ0) is 26.6. The van der Waals surface area contributed by atoms with Gasteiger partial charge in [-0.15, -0.1) is 0 Å². The lowest BCUT2D eigenvalue weighted by atomic mass is 10.1. The number of nitrogens with one attached hydrogen (secondary N) is 1. The van der Waals surface area contributed by atoms with Gasteiger partial charge in [-0.25, -0.2) is 8.42 Å². The van der Waals surface area contributed by atoms with Gasteiger partial charge in [-0.05, 0) is 49.3 Å². The van der Waals surface area contributed by atoms with E-state index in [-0.39, 0.29) is 24.8 Å². The van der Waals surface area contributed by atoms with Crippen LogP contribution in [0.5, 0.6) is 0 Å². The van der Waals surface area contributed by atoms with Gasteiger partial charge in [0.1, 0.15) is 6.04 Å². The van der Waals surface area contributed by atoms with Crippen LogP contribution in [0.2, 0.25) is 0 Å². The van der Waals surface area contributed by atoms with E-state index in [2.05, 4.69) is 5.32 Å². The molecule has 0 fully saturated rings. The van der Waals surface area contributed by atoms with Gasteiger partial charge < -0.3 is 10.2 Å². The first-order valence-corrected chi connectivity index (χ1v) is 14.4. The second-order valence-electron chi connectivity index (χ2n) is 9.53. The molecule has 0 spiro atoms. The van der Waals surface area contributed by atoms with Crippen LogP contribution in [0.25, 0.3) is 10.8 Å². The number of carbonyl (C=O) groups excluding carboxylic acids is 2. The Kier molecular flexibility index (Phi) is 8.17. The van der Waals surface area contributed by atoms with Crippen molar-refractivity contribution in [1.29, 1.82) is 0 Å². The van der Waals surface area contributed by atoms with Crippen molar-refractivity contribution in [2.75, 3.05) is 17.4 Å². The number of amides is 2. The van der Waals surface area contributed by atoms with E-state index in [4.69, 9.17) is 0 Å². The summed E-state index contributed by atoms with van der Waals surface area (Å²) in [5.74, 6) is -0.319. The molecule has 7 nitrogen and oxygen atoms in total. The van der Waals surface area contributed by atoms with Crippen molar-refractivity contribution in [2.45, 2.75) is 63.9 Å². The Balaban J connectivity index is 1.51. The molecule has 1 unspecified atom stereocenters. The highest BCUT2D eigenvalue weighted by molar-refractivity contribution is 7.93. The van der Waals surface area contributed by atoms with Crippen LogP contribution in [-0.4, -0.2) is 44.3 Å². The second kappa shape index (κ2) is 11.3. The number of anilines is 1. The van der Waals surface area contributed by atoms with Crippen LogP contribution >= 0.6 is 0 Å². The highest BCUT2D eigenvalue weighted by atomic mass is 32.2. The van der Waals surface area contributed by atoms with Crippen molar-refractivity contribution in [2.24, 2.45) is 0 Å². The minimum Gasteiger partial charge on any atom is -0.354 e. The predicted octanol–water partition coefficient (Wildman–Crippen LogP) is 4.77. The Morgan fingerprint density at radius 1 is 1.00 bits per heavy atom. The molecule has 1 aliphatic rings. The monoisotopic (exact) mass is 521 g/mol. The Morgan fingerprint density at radius 3 is 2.38 bits per heavy atom. The second-order valence-corrected chi connectivity index (χ2v) is 11.4. The maximum atomic E-state index is 13.5. The fourth-order valence-electron chi connectivity index (χ4n) is 4.89. The topological polar surface area (TPSA) is 86.8 Å². The summed E-state index contributed by atoms with van der Waals surface area (Å²) in [6.45, 7) is 6.97. The highest BCUT2D eigenvalue weighted by Crippen LogP contribution is 2.42. The van der Waals surface area contributed by atoms with Crippen LogP contribution < -0.4 is 9.62 Å². The molecule has 8 heteroatoms. The number of hydrogen-bond acceptors (Lipinski definition) is 4. The lowest BCUT2D eigenvalue weighted by molar-refractivity contribution is -0.141. The maximum absolute atomic E-state index is 13.5.